The first-order valence-corrected chi connectivity index (χ1v) is 7.75. The lowest BCUT2D eigenvalue weighted by Gasteiger charge is -2.14. The number of carbonyl (C=O) groups is 2. The Labute approximate surface area is 135 Å². The molecule has 0 aliphatic heterocycles. The van der Waals surface area contributed by atoms with Gasteiger partial charge in [-0.15, -0.1) is 0 Å². The normalized spacial score (nSPS) is 14.8. The first-order chi connectivity index (χ1) is 11.1. The number of hydrogen-bond acceptors (Lipinski definition) is 3. The third-order valence-corrected chi connectivity index (χ3v) is 3.89. The minimum absolute atomic E-state index is 0.0624. The number of hydrogen-bond donors (Lipinski definition) is 2. The van der Waals surface area contributed by atoms with Crippen LogP contribution < -0.4 is 10.6 Å². The molecule has 3 rings (SSSR count). The molecule has 0 saturated heterocycles. The number of amides is 2. The van der Waals surface area contributed by atoms with Crippen molar-refractivity contribution in [3.05, 3.63) is 59.9 Å². The molecule has 1 atom stereocenters. The number of aromatic nitrogens is 1. The van der Waals surface area contributed by atoms with Crippen molar-refractivity contribution in [3.8, 4) is 0 Å². The zero-order chi connectivity index (χ0) is 16.2. The van der Waals surface area contributed by atoms with E-state index in [2.05, 4.69) is 15.6 Å². The van der Waals surface area contributed by atoms with Gasteiger partial charge in [-0.1, -0.05) is 6.07 Å². The van der Waals surface area contributed by atoms with E-state index in [0.717, 1.165) is 24.1 Å². The molecule has 1 aliphatic rings. The number of carbonyl (C=O) groups excluding carboxylic acids is 2. The highest BCUT2D eigenvalue weighted by Gasteiger charge is 2.29. The van der Waals surface area contributed by atoms with Crippen molar-refractivity contribution >= 4 is 17.5 Å². The Hall–Kier alpha value is -2.69. The first-order valence-electron chi connectivity index (χ1n) is 7.75. The standard InChI is InChI=1S/C18H19N3O2/c1-12(15-3-2-10-19-11-15)20-17(22)14-6-8-16(9-7-14)21-18(23)13-4-5-13/h2-3,6-13H,4-5H2,1H3,(H,20,22)(H,21,23). The smallest absolute Gasteiger partial charge is 0.251 e. The molecule has 5 heteroatoms. The largest absolute Gasteiger partial charge is 0.345 e. The predicted molar refractivity (Wildman–Crippen MR) is 87.9 cm³/mol. The summed E-state index contributed by atoms with van der Waals surface area (Å²) in [4.78, 5) is 28.0. The summed E-state index contributed by atoms with van der Waals surface area (Å²) in [5, 5.41) is 5.79. The lowest BCUT2D eigenvalue weighted by Crippen LogP contribution is -2.26. The Morgan fingerprint density at radius 3 is 2.52 bits per heavy atom. The SMILES string of the molecule is CC(NC(=O)c1ccc(NC(=O)C2CC2)cc1)c1cccnc1. The Kier molecular flexibility index (Phi) is 4.37. The average molecular weight is 309 g/mol. The molecular formula is C18H19N3O2. The minimum atomic E-state index is -0.151. The summed E-state index contributed by atoms with van der Waals surface area (Å²) in [7, 11) is 0. The van der Waals surface area contributed by atoms with Crippen LogP contribution in [-0.4, -0.2) is 16.8 Å². The van der Waals surface area contributed by atoms with Crippen LogP contribution >= 0.6 is 0 Å². The van der Waals surface area contributed by atoms with Crippen LogP contribution in [0.1, 0.15) is 41.7 Å². The molecule has 1 fully saturated rings. The molecule has 2 amide bonds. The molecule has 5 nitrogen and oxygen atoms in total. The quantitative estimate of drug-likeness (QED) is 0.892. The molecule has 1 saturated carbocycles. The Balaban J connectivity index is 1.60. The molecule has 1 aliphatic carbocycles. The van der Waals surface area contributed by atoms with Crippen LogP contribution in [0, 0.1) is 5.92 Å². The van der Waals surface area contributed by atoms with Gasteiger partial charge >= 0.3 is 0 Å². The van der Waals surface area contributed by atoms with Crippen molar-refractivity contribution in [2.45, 2.75) is 25.8 Å². The molecule has 2 aromatic rings. The zero-order valence-corrected chi connectivity index (χ0v) is 13.0. The van der Waals surface area contributed by atoms with E-state index in [4.69, 9.17) is 0 Å². The van der Waals surface area contributed by atoms with Crippen molar-refractivity contribution in [1.82, 2.24) is 10.3 Å². The number of anilines is 1. The highest BCUT2D eigenvalue weighted by atomic mass is 16.2. The van der Waals surface area contributed by atoms with Crippen LogP contribution in [-0.2, 0) is 4.79 Å². The van der Waals surface area contributed by atoms with Crippen LogP contribution in [0.5, 0.6) is 0 Å². The summed E-state index contributed by atoms with van der Waals surface area (Å²) >= 11 is 0. The van der Waals surface area contributed by atoms with E-state index in [1.54, 1.807) is 36.7 Å². The fourth-order valence-electron chi connectivity index (χ4n) is 2.29. The minimum Gasteiger partial charge on any atom is -0.345 e. The maximum absolute atomic E-state index is 12.3. The molecule has 1 heterocycles. The first kappa shape index (κ1) is 15.2. The van der Waals surface area contributed by atoms with E-state index in [0.29, 0.717) is 5.56 Å². The monoisotopic (exact) mass is 309 g/mol. The maximum atomic E-state index is 12.3. The third-order valence-electron chi connectivity index (χ3n) is 3.89. The van der Waals surface area contributed by atoms with E-state index in [-0.39, 0.29) is 23.8 Å². The second-order valence-electron chi connectivity index (χ2n) is 5.82. The molecule has 23 heavy (non-hydrogen) atoms. The lowest BCUT2D eigenvalue weighted by atomic mass is 10.1. The fourth-order valence-corrected chi connectivity index (χ4v) is 2.29. The van der Waals surface area contributed by atoms with Crippen LogP contribution in [0.4, 0.5) is 5.69 Å². The number of pyridine rings is 1. The highest BCUT2D eigenvalue weighted by molar-refractivity contribution is 5.96. The summed E-state index contributed by atoms with van der Waals surface area (Å²) in [5.41, 5.74) is 2.23. The number of rotatable bonds is 5. The molecule has 0 radical (unpaired) electrons. The van der Waals surface area contributed by atoms with Crippen LogP contribution in [0.25, 0.3) is 0 Å². The predicted octanol–water partition coefficient (Wildman–Crippen LogP) is 2.92. The number of nitrogens with one attached hydrogen (secondary N) is 2. The van der Waals surface area contributed by atoms with Gasteiger partial charge < -0.3 is 10.6 Å². The van der Waals surface area contributed by atoms with Gasteiger partial charge in [0, 0.05) is 29.6 Å². The summed E-state index contributed by atoms with van der Waals surface area (Å²) in [6.07, 6.45) is 5.38. The van der Waals surface area contributed by atoms with E-state index >= 15 is 0 Å². The van der Waals surface area contributed by atoms with Gasteiger partial charge in [0.2, 0.25) is 5.91 Å². The lowest BCUT2D eigenvalue weighted by molar-refractivity contribution is -0.117. The molecule has 2 N–H and O–H groups in total. The summed E-state index contributed by atoms with van der Waals surface area (Å²) in [6, 6.07) is 10.6. The van der Waals surface area contributed by atoms with Gasteiger partial charge in [-0.2, -0.15) is 0 Å². The van der Waals surface area contributed by atoms with Gasteiger partial charge in [-0.3, -0.25) is 14.6 Å². The summed E-state index contributed by atoms with van der Waals surface area (Å²) in [6.45, 7) is 1.92. The van der Waals surface area contributed by atoms with E-state index in [1.165, 1.54) is 0 Å². The van der Waals surface area contributed by atoms with E-state index in [9.17, 15) is 9.59 Å². The zero-order valence-electron chi connectivity index (χ0n) is 13.0. The Morgan fingerprint density at radius 2 is 1.91 bits per heavy atom. The summed E-state index contributed by atoms with van der Waals surface area (Å²) < 4.78 is 0. The van der Waals surface area contributed by atoms with E-state index < -0.39 is 0 Å². The van der Waals surface area contributed by atoms with Gasteiger partial charge in [0.1, 0.15) is 0 Å². The van der Waals surface area contributed by atoms with Gasteiger partial charge in [0.15, 0.2) is 0 Å². The second-order valence-corrected chi connectivity index (χ2v) is 5.82. The second kappa shape index (κ2) is 6.60. The van der Waals surface area contributed by atoms with Gasteiger partial charge in [-0.05, 0) is 55.7 Å². The van der Waals surface area contributed by atoms with Gasteiger partial charge in [0.05, 0.1) is 6.04 Å². The van der Waals surface area contributed by atoms with Gasteiger partial charge in [-0.25, -0.2) is 0 Å². The maximum Gasteiger partial charge on any atom is 0.251 e. The molecular weight excluding hydrogens is 290 g/mol. The number of nitrogens with zero attached hydrogens (tertiary/aromatic N) is 1. The molecule has 118 valence electrons. The van der Waals surface area contributed by atoms with Crippen molar-refractivity contribution in [1.29, 1.82) is 0 Å². The molecule has 1 unspecified atom stereocenters. The summed E-state index contributed by atoms with van der Waals surface area (Å²) in [5.74, 6) is 0.0760. The highest BCUT2D eigenvalue weighted by Crippen LogP contribution is 2.30. The molecule has 1 aromatic heterocycles. The van der Waals surface area contributed by atoms with Crippen molar-refractivity contribution in [2.24, 2.45) is 5.92 Å². The third kappa shape index (κ3) is 3.94. The molecule has 0 bridgehead atoms. The Morgan fingerprint density at radius 1 is 1.17 bits per heavy atom. The van der Waals surface area contributed by atoms with Crippen molar-refractivity contribution < 1.29 is 9.59 Å². The van der Waals surface area contributed by atoms with Crippen molar-refractivity contribution in [2.75, 3.05) is 5.32 Å². The van der Waals surface area contributed by atoms with Crippen LogP contribution in [0.2, 0.25) is 0 Å². The molecule has 1 aromatic carbocycles. The average Bonchev–Trinajstić information content (AvgIpc) is 3.41. The molecule has 0 spiro atoms. The van der Waals surface area contributed by atoms with Crippen molar-refractivity contribution in [3.63, 3.8) is 0 Å². The topological polar surface area (TPSA) is 71.1 Å². The Bertz CT molecular complexity index is 694. The fraction of sp³-hybridized carbons (Fsp3) is 0.278. The van der Waals surface area contributed by atoms with Gasteiger partial charge in [0.25, 0.3) is 5.91 Å². The van der Waals surface area contributed by atoms with E-state index in [1.807, 2.05) is 19.1 Å². The van der Waals surface area contributed by atoms with Crippen LogP contribution in [0.3, 0.4) is 0 Å². The van der Waals surface area contributed by atoms with Crippen LogP contribution in [0.15, 0.2) is 48.8 Å². The number of benzene rings is 1.